The fourth-order valence-corrected chi connectivity index (χ4v) is 2.26. The molecule has 0 heterocycles. The van der Waals surface area contributed by atoms with Crippen LogP contribution in [-0.4, -0.2) is 11.8 Å². The van der Waals surface area contributed by atoms with Crippen molar-refractivity contribution in [3.8, 4) is 0 Å². The summed E-state index contributed by atoms with van der Waals surface area (Å²) in [5.41, 5.74) is 2.44. The highest BCUT2D eigenvalue weighted by atomic mass is 35.5. The third-order valence-corrected chi connectivity index (χ3v) is 3.53. The van der Waals surface area contributed by atoms with Crippen LogP contribution in [0.5, 0.6) is 0 Å². The average Bonchev–Trinajstić information content (AvgIpc) is 2.47. The second-order valence-corrected chi connectivity index (χ2v) is 6.00. The van der Waals surface area contributed by atoms with Crippen molar-refractivity contribution in [1.82, 2.24) is 0 Å². The SMILES string of the molecule is CC(C)c1ccc(NC(=O)CC(=O)Nc2cccc(Cl)c2)cc1. The van der Waals surface area contributed by atoms with Gasteiger partial charge in [0.15, 0.2) is 0 Å². The smallest absolute Gasteiger partial charge is 0.233 e. The van der Waals surface area contributed by atoms with Gasteiger partial charge in [-0.25, -0.2) is 0 Å². The summed E-state index contributed by atoms with van der Waals surface area (Å²) in [6.07, 6.45) is -0.252. The van der Waals surface area contributed by atoms with Crippen LogP contribution in [-0.2, 0) is 9.59 Å². The lowest BCUT2D eigenvalue weighted by Gasteiger charge is -2.09. The molecule has 2 N–H and O–H groups in total. The molecule has 23 heavy (non-hydrogen) atoms. The molecule has 120 valence electrons. The second-order valence-electron chi connectivity index (χ2n) is 5.56. The molecule has 0 saturated carbocycles. The van der Waals surface area contributed by atoms with Crippen LogP contribution >= 0.6 is 11.6 Å². The zero-order valence-electron chi connectivity index (χ0n) is 13.1. The normalized spacial score (nSPS) is 10.4. The van der Waals surface area contributed by atoms with Crippen LogP contribution in [0.2, 0.25) is 5.02 Å². The van der Waals surface area contributed by atoms with Gasteiger partial charge < -0.3 is 10.6 Å². The molecular formula is C18H19ClN2O2. The van der Waals surface area contributed by atoms with Gasteiger partial charge in [0.1, 0.15) is 6.42 Å². The van der Waals surface area contributed by atoms with Crippen molar-refractivity contribution in [3.05, 3.63) is 59.1 Å². The van der Waals surface area contributed by atoms with Crippen LogP contribution in [0, 0.1) is 0 Å². The Labute approximate surface area is 140 Å². The Morgan fingerprint density at radius 2 is 1.57 bits per heavy atom. The third-order valence-electron chi connectivity index (χ3n) is 3.29. The van der Waals surface area contributed by atoms with Gasteiger partial charge in [-0.1, -0.05) is 43.6 Å². The molecule has 4 nitrogen and oxygen atoms in total. The van der Waals surface area contributed by atoms with E-state index in [1.54, 1.807) is 24.3 Å². The summed E-state index contributed by atoms with van der Waals surface area (Å²) in [5, 5.41) is 5.88. The Morgan fingerprint density at radius 3 is 2.13 bits per heavy atom. The van der Waals surface area contributed by atoms with E-state index in [1.165, 1.54) is 5.56 Å². The highest BCUT2D eigenvalue weighted by Gasteiger charge is 2.10. The Morgan fingerprint density at radius 1 is 0.957 bits per heavy atom. The van der Waals surface area contributed by atoms with Crippen molar-refractivity contribution in [3.63, 3.8) is 0 Å². The molecule has 0 fully saturated rings. The standard InChI is InChI=1S/C18H19ClN2O2/c1-12(2)13-6-8-15(9-7-13)20-17(22)11-18(23)21-16-5-3-4-14(19)10-16/h3-10,12H,11H2,1-2H3,(H,20,22)(H,21,23). The Balaban J connectivity index is 1.87. The first kappa shape index (κ1) is 17.0. The lowest BCUT2D eigenvalue weighted by molar-refractivity contribution is -0.123. The minimum atomic E-state index is -0.386. The van der Waals surface area contributed by atoms with Gasteiger partial charge >= 0.3 is 0 Å². The molecule has 2 aromatic carbocycles. The van der Waals surface area contributed by atoms with E-state index < -0.39 is 0 Å². The summed E-state index contributed by atoms with van der Waals surface area (Å²) in [5.74, 6) is -0.311. The zero-order chi connectivity index (χ0) is 16.8. The summed E-state index contributed by atoms with van der Waals surface area (Å²) in [6, 6.07) is 14.4. The van der Waals surface area contributed by atoms with Crippen LogP contribution in [0.3, 0.4) is 0 Å². The third kappa shape index (κ3) is 5.42. The maximum Gasteiger partial charge on any atom is 0.233 e. The maximum absolute atomic E-state index is 11.9. The number of anilines is 2. The topological polar surface area (TPSA) is 58.2 Å². The molecule has 5 heteroatoms. The van der Waals surface area contributed by atoms with Crippen LogP contribution in [0.1, 0.15) is 31.7 Å². The summed E-state index contributed by atoms with van der Waals surface area (Å²) in [7, 11) is 0. The number of halogens is 1. The first-order chi connectivity index (χ1) is 10.9. The van der Waals surface area contributed by atoms with Crippen molar-refractivity contribution in [2.75, 3.05) is 10.6 Å². The summed E-state index contributed by atoms with van der Waals surface area (Å²) < 4.78 is 0. The van der Waals surface area contributed by atoms with Crippen LogP contribution < -0.4 is 10.6 Å². The van der Waals surface area contributed by atoms with Gasteiger partial charge in [0.05, 0.1) is 0 Å². The van der Waals surface area contributed by atoms with Crippen LogP contribution in [0.15, 0.2) is 48.5 Å². The molecule has 0 unspecified atom stereocenters. The van der Waals surface area contributed by atoms with Crippen molar-refractivity contribution < 1.29 is 9.59 Å². The van der Waals surface area contributed by atoms with Gasteiger partial charge in [0.2, 0.25) is 11.8 Å². The van der Waals surface area contributed by atoms with Gasteiger partial charge in [-0.2, -0.15) is 0 Å². The van der Waals surface area contributed by atoms with E-state index in [2.05, 4.69) is 24.5 Å². The molecule has 2 aromatic rings. The number of amides is 2. The highest BCUT2D eigenvalue weighted by Crippen LogP contribution is 2.18. The maximum atomic E-state index is 11.9. The fraction of sp³-hybridized carbons (Fsp3) is 0.222. The van der Waals surface area contributed by atoms with E-state index in [1.807, 2.05) is 24.3 Å². The van der Waals surface area contributed by atoms with Crippen molar-refractivity contribution in [1.29, 1.82) is 0 Å². The van der Waals surface area contributed by atoms with Gasteiger partial charge in [0, 0.05) is 16.4 Å². The Bertz CT molecular complexity index is 696. The van der Waals surface area contributed by atoms with Gasteiger partial charge in [0.25, 0.3) is 0 Å². The number of hydrogen-bond acceptors (Lipinski definition) is 2. The predicted octanol–water partition coefficient (Wildman–Crippen LogP) is 4.43. The van der Waals surface area contributed by atoms with Gasteiger partial charge in [-0.05, 0) is 41.8 Å². The number of rotatable bonds is 5. The fourth-order valence-electron chi connectivity index (χ4n) is 2.07. The Kier molecular flexibility index (Phi) is 5.77. The molecule has 0 aliphatic rings. The number of carbonyl (C=O) groups is 2. The molecule has 0 aromatic heterocycles. The summed E-state index contributed by atoms with van der Waals surface area (Å²) >= 11 is 5.85. The zero-order valence-corrected chi connectivity index (χ0v) is 13.9. The molecule has 2 rings (SSSR count). The molecule has 0 spiro atoms. The van der Waals surface area contributed by atoms with Crippen molar-refractivity contribution >= 4 is 34.8 Å². The molecule has 2 amide bonds. The molecular weight excluding hydrogens is 312 g/mol. The highest BCUT2D eigenvalue weighted by molar-refractivity contribution is 6.30. The van der Waals surface area contributed by atoms with Gasteiger partial charge in [-0.3, -0.25) is 9.59 Å². The molecule has 0 aliphatic heterocycles. The number of hydrogen-bond donors (Lipinski definition) is 2. The van der Waals surface area contributed by atoms with E-state index in [9.17, 15) is 9.59 Å². The quantitative estimate of drug-likeness (QED) is 0.797. The second kappa shape index (κ2) is 7.79. The van der Waals surface area contributed by atoms with Crippen LogP contribution in [0.25, 0.3) is 0 Å². The number of nitrogens with one attached hydrogen (secondary N) is 2. The van der Waals surface area contributed by atoms with E-state index in [0.717, 1.165) is 0 Å². The van der Waals surface area contributed by atoms with Gasteiger partial charge in [-0.15, -0.1) is 0 Å². The van der Waals surface area contributed by atoms with E-state index in [4.69, 9.17) is 11.6 Å². The number of benzene rings is 2. The van der Waals surface area contributed by atoms with Crippen molar-refractivity contribution in [2.45, 2.75) is 26.2 Å². The minimum Gasteiger partial charge on any atom is -0.326 e. The molecule has 0 bridgehead atoms. The minimum absolute atomic E-state index is 0.252. The van der Waals surface area contributed by atoms with Crippen molar-refractivity contribution in [2.24, 2.45) is 0 Å². The van der Waals surface area contributed by atoms with E-state index in [-0.39, 0.29) is 18.2 Å². The summed E-state index contributed by atoms with van der Waals surface area (Å²) in [4.78, 5) is 23.8. The lowest BCUT2D eigenvalue weighted by atomic mass is 10.0. The molecule has 0 radical (unpaired) electrons. The Hall–Kier alpha value is -2.33. The molecule has 0 atom stereocenters. The first-order valence-electron chi connectivity index (χ1n) is 7.39. The lowest BCUT2D eigenvalue weighted by Crippen LogP contribution is -2.21. The van der Waals surface area contributed by atoms with Crippen LogP contribution in [0.4, 0.5) is 11.4 Å². The summed E-state index contributed by atoms with van der Waals surface area (Å²) in [6.45, 7) is 4.21. The monoisotopic (exact) mass is 330 g/mol. The molecule has 0 aliphatic carbocycles. The van der Waals surface area contributed by atoms with E-state index in [0.29, 0.717) is 22.3 Å². The largest absolute Gasteiger partial charge is 0.326 e. The first-order valence-corrected chi connectivity index (χ1v) is 7.77. The molecule has 0 saturated heterocycles. The predicted molar refractivity (Wildman–Crippen MR) is 93.9 cm³/mol. The average molecular weight is 331 g/mol. The number of carbonyl (C=O) groups excluding carboxylic acids is 2. The van der Waals surface area contributed by atoms with E-state index >= 15 is 0 Å².